The maximum atomic E-state index is 12.4. The molecule has 0 aromatic heterocycles. The molecule has 3 aromatic rings. The van der Waals surface area contributed by atoms with Crippen molar-refractivity contribution in [3.05, 3.63) is 87.9 Å². The lowest BCUT2D eigenvalue weighted by Crippen LogP contribution is -2.23. The molecule has 0 unspecified atom stereocenters. The van der Waals surface area contributed by atoms with Crippen molar-refractivity contribution in [2.45, 2.75) is 6.92 Å². The molecule has 0 aliphatic heterocycles. The smallest absolute Gasteiger partial charge is 0.343 e. The minimum atomic E-state index is -0.477. The van der Waals surface area contributed by atoms with Gasteiger partial charge in [0.05, 0.1) is 18.9 Å². The Hall–Kier alpha value is -3.23. The summed E-state index contributed by atoms with van der Waals surface area (Å²) in [6.45, 7) is 2.01. The highest BCUT2D eigenvalue weighted by Gasteiger charge is 2.13. The molecule has 3 aromatic carbocycles. The lowest BCUT2D eigenvalue weighted by Gasteiger charge is -2.10. The number of esters is 1. The van der Waals surface area contributed by atoms with E-state index in [2.05, 4.69) is 31.8 Å². The number of anilines is 1. The van der Waals surface area contributed by atoms with Crippen molar-refractivity contribution in [2.75, 3.05) is 12.4 Å². The highest BCUT2D eigenvalue weighted by molar-refractivity contribution is 9.10. The van der Waals surface area contributed by atoms with Crippen LogP contribution in [0.3, 0.4) is 0 Å². The van der Waals surface area contributed by atoms with E-state index in [4.69, 9.17) is 21.7 Å². The first kappa shape index (κ1) is 22.5. The van der Waals surface area contributed by atoms with E-state index < -0.39 is 5.97 Å². The molecule has 8 heteroatoms. The van der Waals surface area contributed by atoms with Crippen LogP contribution in [0, 0.1) is 6.92 Å². The zero-order chi connectivity index (χ0) is 22.2. The number of carbonyl (C=O) groups is 1. The summed E-state index contributed by atoms with van der Waals surface area (Å²) < 4.78 is 11.6. The molecule has 0 spiro atoms. The second-order valence-corrected chi connectivity index (χ2v) is 7.83. The van der Waals surface area contributed by atoms with Crippen LogP contribution in [0.2, 0.25) is 0 Å². The topological polar surface area (TPSA) is 71.9 Å². The highest BCUT2D eigenvalue weighted by Crippen LogP contribution is 2.28. The molecule has 0 atom stereocenters. The Balaban J connectivity index is 1.62. The third kappa shape index (κ3) is 6.63. The van der Waals surface area contributed by atoms with Crippen molar-refractivity contribution >= 4 is 51.1 Å². The third-order valence-electron chi connectivity index (χ3n) is 4.11. The number of aryl methyl sites for hydroxylation is 1. The first-order valence-electron chi connectivity index (χ1n) is 9.27. The number of halogens is 1. The molecule has 2 N–H and O–H groups in total. The van der Waals surface area contributed by atoms with Crippen LogP contribution in [0.25, 0.3) is 0 Å². The predicted octanol–water partition coefficient (Wildman–Crippen LogP) is 5.31. The van der Waals surface area contributed by atoms with Gasteiger partial charge in [-0.25, -0.2) is 4.79 Å². The molecule has 0 bridgehead atoms. The Morgan fingerprint density at radius 1 is 1.06 bits per heavy atom. The Morgan fingerprint density at radius 3 is 2.61 bits per heavy atom. The van der Waals surface area contributed by atoms with Gasteiger partial charge in [0.15, 0.2) is 16.6 Å². The molecule has 0 radical (unpaired) electrons. The van der Waals surface area contributed by atoms with Crippen LogP contribution in [0.5, 0.6) is 11.5 Å². The maximum Gasteiger partial charge on any atom is 0.343 e. The monoisotopic (exact) mass is 497 g/mol. The molecule has 0 saturated carbocycles. The van der Waals surface area contributed by atoms with Gasteiger partial charge in [-0.1, -0.05) is 34.1 Å². The van der Waals surface area contributed by atoms with Crippen LogP contribution in [-0.4, -0.2) is 24.4 Å². The molecule has 0 heterocycles. The van der Waals surface area contributed by atoms with Crippen molar-refractivity contribution in [1.82, 2.24) is 5.43 Å². The fourth-order valence-corrected chi connectivity index (χ4v) is 3.24. The summed E-state index contributed by atoms with van der Waals surface area (Å²) in [7, 11) is 1.51. The summed E-state index contributed by atoms with van der Waals surface area (Å²) in [6.07, 6.45) is 1.59. The van der Waals surface area contributed by atoms with Gasteiger partial charge < -0.3 is 14.8 Å². The van der Waals surface area contributed by atoms with E-state index in [0.717, 1.165) is 21.3 Å². The van der Waals surface area contributed by atoms with Crippen LogP contribution < -0.4 is 20.2 Å². The first-order chi connectivity index (χ1) is 14.9. The van der Waals surface area contributed by atoms with E-state index in [1.165, 1.54) is 7.11 Å². The molecule has 0 saturated heterocycles. The van der Waals surface area contributed by atoms with Crippen LogP contribution in [0.4, 0.5) is 5.69 Å². The molecular formula is C23H20BrN3O3S. The number of rotatable bonds is 6. The molecule has 0 aliphatic carbocycles. The molecule has 158 valence electrons. The van der Waals surface area contributed by atoms with Gasteiger partial charge in [0.1, 0.15) is 0 Å². The zero-order valence-corrected chi connectivity index (χ0v) is 19.3. The lowest BCUT2D eigenvalue weighted by atomic mass is 10.2. The van der Waals surface area contributed by atoms with Crippen molar-refractivity contribution in [3.8, 4) is 11.5 Å². The maximum absolute atomic E-state index is 12.4. The van der Waals surface area contributed by atoms with Crippen molar-refractivity contribution in [1.29, 1.82) is 0 Å². The molecule has 0 amide bonds. The van der Waals surface area contributed by atoms with Gasteiger partial charge in [-0.05, 0) is 78.8 Å². The number of benzene rings is 3. The number of hydrogen-bond acceptors (Lipinski definition) is 5. The Labute approximate surface area is 194 Å². The molecule has 31 heavy (non-hydrogen) atoms. The van der Waals surface area contributed by atoms with Gasteiger partial charge in [0, 0.05) is 10.2 Å². The van der Waals surface area contributed by atoms with E-state index in [-0.39, 0.29) is 0 Å². The standard InChI is InChI=1S/C23H20BrN3O3S/c1-15-5-3-8-19(11-15)26-23(31)27-25-14-16-9-10-20(21(12-16)29-2)30-22(28)17-6-4-7-18(24)13-17/h3-14H,1-2H3,(H2,26,27,31)/b25-14+. The quantitative estimate of drug-likeness (QED) is 0.158. The number of nitrogens with one attached hydrogen (secondary N) is 2. The van der Waals surface area contributed by atoms with Crippen LogP contribution in [0.15, 0.2) is 76.3 Å². The molecule has 3 rings (SSSR count). The van der Waals surface area contributed by atoms with E-state index in [1.54, 1.807) is 42.6 Å². The minimum absolute atomic E-state index is 0.314. The summed E-state index contributed by atoms with van der Waals surface area (Å²) in [5, 5.41) is 7.57. The molecular weight excluding hydrogens is 478 g/mol. The van der Waals surface area contributed by atoms with E-state index in [9.17, 15) is 4.79 Å². The summed E-state index contributed by atoms with van der Waals surface area (Å²) in [4.78, 5) is 12.4. The van der Waals surface area contributed by atoms with Gasteiger partial charge >= 0.3 is 5.97 Å². The highest BCUT2D eigenvalue weighted by atomic mass is 79.9. The normalized spacial score (nSPS) is 10.5. The minimum Gasteiger partial charge on any atom is -0.493 e. The second-order valence-electron chi connectivity index (χ2n) is 6.50. The lowest BCUT2D eigenvalue weighted by molar-refractivity contribution is 0.0729. The number of carbonyl (C=O) groups excluding carboxylic acids is 1. The summed E-state index contributed by atoms with van der Waals surface area (Å²) in [6, 6.07) is 20.0. The van der Waals surface area contributed by atoms with Gasteiger partial charge in [0.25, 0.3) is 0 Å². The number of nitrogens with zero attached hydrogens (tertiary/aromatic N) is 1. The van der Waals surface area contributed by atoms with Crippen molar-refractivity contribution in [3.63, 3.8) is 0 Å². The number of hydrazone groups is 1. The molecule has 6 nitrogen and oxygen atoms in total. The van der Waals surface area contributed by atoms with Crippen LogP contribution in [0.1, 0.15) is 21.5 Å². The largest absolute Gasteiger partial charge is 0.493 e. The van der Waals surface area contributed by atoms with Crippen molar-refractivity contribution in [2.24, 2.45) is 5.10 Å². The van der Waals surface area contributed by atoms with E-state index in [0.29, 0.717) is 22.2 Å². The fraction of sp³-hybridized carbons (Fsp3) is 0.0870. The summed E-state index contributed by atoms with van der Waals surface area (Å²) >= 11 is 8.59. The predicted molar refractivity (Wildman–Crippen MR) is 130 cm³/mol. The Kier molecular flexibility index (Phi) is 7.75. The van der Waals surface area contributed by atoms with Gasteiger partial charge in [-0.2, -0.15) is 5.10 Å². The van der Waals surface area contributed by atoms with E-state index >= 15 is 0 Å². The number of thiocarbonyl (C=S) groups is 1. The van der Waals surface area contributed by atoms with Crippen molar-refractivity contribution < 1.29 is 14.3 Å². The Bertz CT molecular complexity index is 1130. The van der Waals surface area contributed by atoms with Crippen LogP contribution in [-0.2, 0) is 0 Å². The zero-order valence-electron chi connectivity index (χ0n) is 16.9. The molecule has 0 aliphatic rings. The number of hydrogen-bond donors (Lipinski definition) is 2. The summed E-state index contributed by atoms with van der Waals surface area (Å²) in [5.41, 5.74) is 5.95. The third-order valence-corrected chi connectivity index (χ3v) is 4.79. The van der Waals surface area contributed by atoms with Crippen LogP contribution >= 0.6 is 28.1 Å². The van der Waals surface area contributed by atoms with E-state index in [1.807, 2.05) is 37.3 Å². The average molecular weight is 498 g/mol. The Morgan fingerprint density at radius 2 is 1.87 bits per heavy atom. The average Bonchev–Trinajstić information content (AvgIpc) is 2.74. The van der Waals surface area contributed by atoms with Gasteiger partial charge in [-0.3, -0.25) is 5.43 Å². The SMILES string of the molecule is COc1cc(/C=N/NC(=S)Nc2cccc(C)c2)ccc1OC(=O)c1cccc(Br)c1. The first-order valence-corrected chi connectivity index (χ1v) is 10.5. The van der Waals surface area contributed by atoms with Gasteiger partial charge in [-0.15, -0.1) is 0 Å². The van der Waals surface area contributed by atoms with Gasteiger partial charge in [0.2, 0.25) is 0 Å². The second kappa shape index (κ2) is 10.7. The number of methoxy groups -OCH3 is 1. The molecule has 0 fully saturated rings. The summed E-state index contributed by atoms with van der Waals surface area (Å²) in [5.74, 6) is 0.247. The fourth-order valence-electron chi connectivity index (χ4n) is 2.67. The number of ether oxygens (including phenoxy) is 2.